The third-order valence-electron chi connectivity index (χ3n) is 4.01. The van der Waals surface area contributed by atoms with Crippen LogP contribution in [-0.4, -0.2) is 17.9 Å². The van der Waals surface area contributed by atoms with Crippen LogP contribution in [0.1, 0.15) is 38.8 Å². The molecule has 144 valence electrons. The molecule has 2 aromatic carbocycles. The van der Waals surface area contributed by atoms with Crippen LogP contribution in [-0.2, 0) is 21.4 Å². The summed E-state index contributed by atoms with van der Waals surface area (Å²) in [5.41, 5.74) is 6.51. The van der Waals surface area contributed by atoms with E-state index in [1.54, 1.807) is 6.92 Å². The highest BCUT2D eigenvalue weighted by molar-refractivity contribution is 5.85. The smallest absolute Gasteiger partial charge is 0.279 e. The van der Waals surface area contributed by atoms with Crippen molar-refractivity contribution in [2.24, 2.45) is 0 Å². The van der Waals surface area contributed by atoms with Gasteiger partial charge in [-0.2, -0.15) is 0 Å². The first-order chi connectivity index (χ1) is 12.6. The van der Waals surface area contributed by atoms with Crippen LogP contribution in [0.2, 0.25) is 0 Å². The van der Waals surface area contributed by atoms with Crippen LogP contribution < -0.4 is 15.6 Å². The lowest BCUT2D eigenvalue weighted by Crippen LogP contribution is -2.47. The maximum absolute atomic E-state index is 12.9. The van der Waals surface area contributed by atoms with Gasteiger partial charge in [0.1, 0.15) is 11.6 Å². The molecule has 0 aromatic heterocycles. The molecule has 27 heavy (non-hydrogen) atoms. The van der Waals surface area contributed by atoms with Gasteiger partial charge in [0, 0.05) is 0 Å². The van der Waals surface area contributed by atoms with Gasteiger partial charge in [-0.3, -0.25) is 20.4 Å². The highest BCUT2D eigenvalue weighted by atomic mass is 19.1. The lowest BCUT2D eigenvalue weighted by Gasteiger charge is -2.20. The van der Waals surface area contributed by atoms with Crippen LogP contribution in [0.4, 0.5) is 4.39 Å². The second kappa shape index (κ2) is 8.66. The van der Waals surface area contributed by atoms with E-state index in [4.69, 9.17) is 4.74 Å². The number of halogens is 1. The van der Waals surface area contributed by atoms with Gasteiger partial charge in [0.05, 0.1) is 6.42 Å². The number of rotatable bonds is 5. The lowest BCUT2D eigenvalue weighted by atomic mass is 9.87. The minimum Gasteiger partial charge on any atom is -0.481 e. The predicted octanol–water partition coefficient (Wildman–Crippen LogP) is 3.28. The zero-order valence-electron chi connectivity index (χ0n) is 16.0. The Labute approximate surface area is 158 Å². The van der Waals surface area contributed by atoms with Crippen molar-refractivity contribution in [3.8, 4) is 5.75 Å². The molecule has 0 aliphatic rings. The third kappa shape index (κ3) is 6.40. The predicted molar refractivity (Wildman–Crippen MR) is 102 cm³/mol. The molecular weight excluding hydrogens is 347 g/mol. The number of carbonyl (C=O) groups excluding carboxylic acids is 2. The number of benzene rings is 2. The molecule has 0 bridgehead atoms. The number of ether oxygens (including phenoxy) is 1. The van der Waals surface area contributed by atoms with E-state index in [0.717, 1.165) is 0 Å². The minimum absolute atomic E-state index is 0.0318. The molecule has 0 radical (unpaired) electrons. The molecule has 1 atom stereocenters. The van der Waals surface area contributed by atoms with E-state index in [-0.39, 0.29) is 17.7 Å². The van der Waals surface area contributed by atoms with Crippen LogP contribution in [0, 0.1) is 5.82 Å². The Morgan fingerprint density at radius 1 is 1.00 bits per heavy atom. The zero-order chi connectivity index (χ0) is 20.0. The summed E-state index contributed by atoms with van der Waals surface area (Å²) in [6, 6.07) is 13.2. The average molecular weight is 372 g/mol. The Kier molecular flexibility index (Phi) is 6.55. The topological polar surface area (TPSA) is 67.4 Å². The number of amides is 2. The van der Waals surface area contributed by atoms with Crippen LogP contribution in [0.5, 0.6) is 5.75 Å². The van der Waals surface area contributed by atoms with E-state index in [1.807, 2.05) is 24.3 Å². The van der Waals surface area contributed by atoms with Crippen LogP contribution in [0.15, 0.2) is 48.5 Å². The number of hydrogen-bond donors (Lipinski definition) is 2. The molecule has 0 spiro atoms. The Hall–Kier alpha value is -2.89. The normalized spacial score (nSPS) is 12.2. The van der Waals surface area contributed by atoms with Gasteiger partial charge >= 0.3 is 0 Å². The SMILES string of the molecule is CC(Oc1ccc(C(C)(C)C)cc1)C(=O)NNC(=O)Cc1ccc(F)cc1. The van der Waals surface area contributed by atoms with Gasteiger partial charge in [-0.1, -0.05) is 45.0 Å². The molecule has 0 saturated carbocycles. The van der Waals surface area contributed by atoms with Gasteiger partial charge in [-0.05, 0) is 47.7 Å². The van der Waals surface area contributed by atoms with Crippen LogP contribution >= 0.6 is 0 Å². The Morgan fingerprint density at radius 3 is 2.15 bits per heavy atom. The molecule has 0 fully saturated rings. The number of hydrazine groups is 1. The van der Waals surface area contributed by atoms with Crippen molar-refractivity contribution < 1.29 is 18.7 Å². The lowest BCUT2D eigenvalue weighted by molar-refractivity contribution is -0.132. The molecule has 2 N–H and O–H groups in total. The van der Waals surface area contributed by atoms with Gasteiger partial charge in [0.2, 0.25) is 5.91 Å². The Morgan fingerprint density at radius 2 is 1.59 bits per heavy atom. The largest absolute Gasteiger partial charge is 0.481 e. The summed E-state index contributed by atoms with van der Waals surface area (Å²) in [6.07, 6.45) is -0.749. The standard InChI is InChI=1S/C21H25FN2O3/c1-14(27-18-11-7-16(8-12-18)21(2,3)4)20(26)24-23-19(25)13-15-5-9-17(22)10-6-15/h5-12,14H,13H2,1-4H3,(H,23,25)(H,24,26). The first kappa shape index (κ1) is 20.4. The van der Waals surface area contributed by atoms with Crippen molar-refractivity contribution in [1.29, 1.82) is 0 Å². The average Bonchev–Trinajstić information content (AvgIpc) is 2.61. The molecule has 2 rings (SSSR count). The molecule has 2 amide bonds. The number of nitrogens with one attached hydrogen (secondary N) is 2. The summed E-state index contributed by atoms with van der Waals surface area (Å²) < 4.78 is 18.5. The summed E-state index contributed by atoms with van der Waals surface area (Å²) in [4.78, 5) is 23.9. The second-order valence-corrected chi connectivity index (χ2v) is 7.38. The monoisotopic (exact) mass is 372 g/mol. The van der Waals surface area contributed by atoms with Gasteiger partial charge in [-0.25, -0.2) is 4.39 Å². The van der Waals surface area contributed by atoms with Gasteiger partial charge < -0.3 is 4.74 Å². The fraction of sp³-hybridized carbons (Fsp3) is 0.333. The van der Waals surface area contributed by atoms with E-state index in [1.165, 1.54) is 29.8 Å². The maximum Gasteiger partial charge on any atom is 0.279 e. The summed E-state index contributed by atoms with van der Waals surface area (Å²) in [7, 11) is 0. The molecule has 5 nitrogen and oxygen atoms in total. The van der Waals surface area contributed by atoms with E-state index < -0.39 is 17.9 Å². The van der Waals surface area contributed by atoms with Crippen molar-refractivity contribution in [3.63, 3.8) is 0 Å². The van der Waals surface area contributed by atoms with Gasteiger partial charge in [0.15, 0.2) is 6.10 Å². The summed E-state index contributed by atoms with van der Waals surface area (Å²) >= 11 is 0. The first-order valence-electron chi connectivity index (χ1n) is 8.75. The molecule has 0 saturated heterocycles. The zero-order valence-corrected chi connectivity index (χ0v) is 16.0. The van der Waals surface area contributed by atoms with Crippen molar-refractivity contribution >= 4 is 11.8 Å². The quantitative estimate of drug-likeness (QED) is 0.792. The molecule has 0 heterocycles. The number of hydrogen-bond acceptors (Lipinski definition) is 3. The second-order valence-electron chi connectivity index (χ2n) is 7.38. The van der Waals surface area contributed by atoms with E-state index in [0.29, 0.717) is 11.3 Å². The summed E-state index contributed by atoms with van der Waals surface area (Å²) in [6.45, 7) is 7.95. The van der Waals surface area contributed by atoms with Crippen molar-refractivity contribution in [1.82, 2.24) is 10.9 Å². The fourth-order valence-corrected chi connectivity index (χ4v) is 2.36. The third-order valence-corrected chi connectivity index (χ3v) is 4.01. The maximum atomic E-state index is 12.9. The van der Waals surface area contributed by atoms with Gasteiger partial charge in [-0.15, -0.1) is 0 Å². The number of carbonyl (C=O) groups is 2. The molecule has 1 unspecified atom stereocenters. The molecule has 0 aliphatic carbocycles. The van der Waals surface area contributed by atoms with Crippen molar-refractivity contribution in [2.75, 3.05) is 0 Å². The van der Waals surface area contributed by atoms with Crippen LogP contribution in [0.3, 0.4) is 0 Å². The molecule has 6 heteroatoms. The van der Waals surface area contributed by atoms with E-state index >= 15 is 0 Å². The van der Waals surface area contributed by atoms with Gasteiger partial charge in [0.25, 0.3) is 5.91 Å². The fourth-order valence-electron chi connectivity index (χ4n) is 2.36. The van der Waals surface area contributed by atoms with E-state index in [2.05, 4.69) is 31.6 Å². The van der Waals surface area contributed by atoms with E-state index in [9.17, 15) is 14.0 Å². The summed E-state index contributed by atoms with van der Waals surface area (Å²) in [5, 5.41) is 0. The highest BCUT2D eigenvalue weighted by Gasteiger charge is 2.17. The molecular formula is C21H25FN2O3. The highest BCUT2D eigenvalue weighted by Crippen LogP contribution is 2.24. The minimum atomic E-state index is -0.781. The summed E-state index contributed by atoms with van der Waals surface area (Å²) in [5.74, 6) is -0.670. The molecule has 0 aliphatic heterocycles. The molecule has 2 aromatic rings. The first-order valence-corrected chi connectivity index (χ1v) is 8.75. The Balaban J connectivity index is 1.81. The van der Waals surface area contributed by atoms with Crippen molar-refractivity contribution in [3.05, 3.63) is 65.5 Å². The Bertz CT molecular complexity index is 781. The van der Waals surface area contributed by atoms with Crippen LogP contribution in [0.25, 0.3) is 0 Å². The van der Waals surface area contributed by atoms with Crippen molar-refractivity contribution in [2.45, 2.75) is 45.6 Å².